The molecule has 1 aromatic carbocycles. The fourth-order valence-corrected chi connectivity index (χ4v) is 1.53. The first-order chi connectivity index (χ1) is 7.19. The zero-order chi connectivity index (χ0) is 11.3. The van der Waals surface area contributed by atoms with Crippen molar-refractivity contribution in [1.29, 1.82) is 0 Å². The third kappa shape index (κ3) is 3.05. The summed E-state index contributed by atoms with van der Waals surface area (Å²) in [6, 6.07) is 3.36. The molecule has 0 aliphatic rings. The van der Waals surface area contributed by atoms with Crippen LogP contribution in [0.25, 0.3) is 0 Å². The highest BCUT2D eigenvalue weighted by Gasteiger charge is 2.08. The van der Waals surface area contributed by atoms with Gasteiger partial charge in [-0.2, -0.15) is 0 Å². The molecular weight excluding hydrogens is 192 g/mol. The number of aromatic hydroxyl groups is 2. The third-order valence-electron chi connectivity index (χ3n) is 2.40. The highest BCUT2D eigenvalue weighted by atomic mass is 16.5. The van der Waals surface area contributed by atoms with E-state index in [0.717, 1.165) is 18.4 Å². The quantitative estimate of drug-likeness (QED) is 0.580. The first-order valence-electron chi connectivity index (χ1n) is 5.27. The van der Waals surface area contributed by atoms with Gasteiger partial charge in [-0.15, -0.1) is 0 Å². The Morgan fingerprint density at radius 1 is 1.20 bits per heavy atom. The monoisotopic (exact) mass is 210 g/mol. The number of hydrogen-bond acceptors (Lipinski definition) is 3. The molecule has 1 aromatic rings. The van der Waals surface area contributed by atoms with Crippen molar-refractivity contribution in [3.63, 3.8) is 0 Å². The molecule has 0 radical (unpaired) electrons. The molecule has 0 aromatic heterocycles. The molecule has 0 saturated carbocycles. The zero-order valence-corrected chi connectivity index (χ0v) is 9.29. The first kappa shape index (κ1) is 11.7. The van der Waals surface area contributed by atoms with Crippen LogP contribution < -0.4 is 4.74 Å². The summed E-state index contributed by atoms with van der Waals surface area (Å²) in [4.78, 5) is 0. The number of phenols is 2. The predicted molar refractivity (Wildman–Crippen MR) is 59.6 cm³/mol. The van der Waals surface area contributed by atoms with Gasteiger partial charge in [0.1, 0.15) is 0 Å². The number of ether oxygens (including phenoxy) is 1. The van der Waals surface area contributed by atoms with Gasteiger partial charge in [-0.25, -0.2) is 0 Å². The van der Waals surface area contributed by atoms with Crippen LogP contribution in [0.5, 0.6) is 17.2 Å². The number of phenolic OH excluding ortho intramolecular Hbond substituents is 2. The Hall–Kier alpha value is -1.38. The molecule has 3 heteroatoms. The molecule has 1 rings (SSSR count). The van der Waals surface area contributed by atoms with Gasteiger partial charge < -0.3 is 14.9 Å². The van der Waals surface area contributed by atoms with E-state index in [2.05, 4.69) is 6.92 Å². The fourth-order valence-electron chi connectivity index (χ4n) is 1.53. The Labute approximate surface area is 90.3 Å². The van der Waals surface area contributed by atoms with E-state index in [1.54, 1.807) is 12.1 Å². The average molecular weight is 210 g/mol. The summed E-state index contributed by atoms with van der Waals surface area (Å²) >= 11 is 0. The molecule has 84 valence electrons. The molecule has 3 nitrogen and oxygen atoms in total. The summed E-state index contributed by atoms with van der Waals surface area (Å²) in [6.07, 6.45) is 4.33. The first-order valence-corrected chi connectivity index (χ1v) is 5.27. The highest BCUT2D eigenvalue weighted by molar-refractivity contribution is 5.51. The SMILES string of the molecule is CCCCCc1cc(O)c(O)c(OC)c1. The van der Waals surface area contributed by atoms with Gasteiger partial charge in [0.2, 0.25) is 5.75 Å². The van der Waals surface area contributed by atoms with E-state index in [1.165, 1.54) is 20.0 Å². The van der Waals surface area contributed by atoms with Gasteiger partial charge in [-0.05, 0) is 30.5 Å². The van der Waals surface area contributed by atoms with Crippen LogP contribution in [0.2, 0.25) is 0 Å². The van der Waals surface area contributed by atoms with Gasteiger partial charge in [0.05, 0.1) is 7.11 Å². The van der Waals surface area contributed by atoms with Crippen molar-refractivity contribution in [2.45, 2.75) is 32.6 Å². The molecule has 0 aliphatic carbocycles. The summed E-state index contributed by atoms with van der Waals surface area (Å²) in [5.74, 6) is 0.0408. The van der Waals surface area contributed by atoms with E-state index in [9.17, 15) is 10.2 Å². The summed E-state index contributed by atoms with van der Waals surface area (Å²) in [5.41, 5.74) is 0.996. The second-order valence-corrected chi connectivity index (χ2v) is 3.62. The maximum Gasteiger partial charge on any atom is 0.200 e. The van der Waals surface area contributed by atoms with Crippen molar-refractivity contribution in [2.24, 2.45) is 0 Å². The molecule has 0 amide bonds. The van der Waals surface area contributed by atoms with Crippen LogP contribution in [0.15, 0.2) is 12.1 Å². The van der Waals surface area contributed by atoms with Gasteiger partial charge in [0, 0.05) is 0 Å². The zero-order valence-electron chi connectivity index (χ0n) is 9.29. The number of methoxy groups -OCH3 is 1. The van der Waals surface area contributed by atoms with Gasteiger partial charge in [-0.3, -0.25) is 0 Å². The maximum atomic E-state index is 9.44. The minimum Gasteiger partial charge on any atom is -0.504 e. The minimum atomic E-state index is -0.184. The summed E-state index contributed by atoms with van der Waals surface area (Å²) in [5, 5.41) is 18.9. The number of hydrogen-bond donors (Lipinski definition) is 2. The van der Waals surface area contributed by atoms with E-state index >= 15 is 0 Å². The molecule has 0 unspecified atom stereocenters. The van der Waals surface area contributed by atoms with Crippen molar-refractivity contribution in [3.05, 3.63) is 17.7 Å². The third-order valence-corrected chi connectivity index (χ3v) is 2.40. The lowest BCUT2D eigenvalue weighted by Gasteiger charge is -2.08. The van der Waals surface area contributed by atoms with Crippen LogP contribution in [0, 0.1) is 0 Å². The van der Waals surface area contributed by atoms with Crippen molar-refractivity contribution < 1.29 is 14.9 Å². The number of benzene rings is 1. The second kappa shape index (κ2) is 5.49. The highest BCUT2D eigenvalue weighted by Crippen LogP contribution is 2.36. The van der Waals surface area contributed by atoms with Gasteiger partial charge in [0.25, 0.3) is 0 Å². The van der Waals surface area contributed by atoms with Crippen molar-refractivity contribution >= 4 is 0 Å². The lowest BCUT2D eigenvalue weighted by atomic mass is 10.1. The molecular formula is C12H18O3. The van der Waals surface area contributed by atoms with E-state index in [1.807, 2.05) is 0 Å². The van der Waals surface area contributed by atoms with Crippen LogP contribution in [-0.2, 0) is 6.42 Å². The summed E-state index contributed by atoms with van der Waals surface area (Å²) in [7, 11) is 1.48. The Kier molecular flexibility index (Phi) is 4.28. The minimum absolute atomic E-state index is 0.110. The Morgan fingerprint density at radius 3 is 2.53 bits per heavy atom. The van der Waals surface area contributed by atoms with Crippen molar-refractivity contribution in [3.8, 4) is 17.2 Å². The molecule has 0 aliphatic heterocycles. The number of rotatable bonds is 5. The topological polar surface area (TPSA) is 49.7 Å². The van der Waals surface area contributed by atoms with Crippen LogP contribution in [-0.4, -0.2) is 17.3 Å². The molecule has 0 fully saturated rings. The Morgan fingerprint density at radius 2 is 1.93 bits per heavy atom. The van der Waals surface area contributed by atoms with Crippen LogP contribution in [0.1, 0.15) is 31.7 Å². The molecule has 0 heterocycles. The van der Waals surface area contributed by atoms with Crippen LogP contribution >= 0.6 is 0 Å². The normalized spacial score (nSPS) is 10.3. The van der Waals surface area contributed by atoms with E-state index in [0.29, 0.717) is 5.75 Å². The van der Waals surface area contributed by atoms with Gasteiger partial charge in [0.15, 0.2) is 11.5 Å². The van der Waals surface area contributed by atoms with Gasteiger partial charge >= 0.3 is 0 Å². The average Bonchev–Trinajstić information content (AvgIpc) is 2.23. The summed E-state index contributed by atoms with van der Waals surface area (Å²) in [6.45, 7) is 2.15. The maximum absolute atomic E-state index is 9.44. The van der Waals surface area contributed by atoms with Crippen LogP contribution in [0.4, 0.5) is 0 Å². The smallest absolute Gasteiger partial charge is 0.200 e. The Bertz CT molecular complexity index is 321. The molecule has 0 atom stereocenters. The standard InChI is InChI=1S/C12H18O3/c1-3-4-5-6-9-7-10(13)12(14)11(8-9)15-2/h7-8,13-14H,3-6H2,1-2H3. The van der Waals surface area contributed by atoms with E-state index in [-0.39, 0.29) is 11.5 Å². The fraction of sp³-hybridized carbons (Fsp3) is 0.500. The molecule has 0 spiro atoms. The van der Waals surface area contributed by atoms with E-state index in [4.69, 9.17) is 4.74 Å². The van der Waals surface area contributed by atoms with Gasteiger partial charge in [-0.1, -0.05) is 19.8 Å². The summed E-state index contributed by atoms with van der Waals surface area (Å²) < 4.78 is 4.96. The lowest BCUT2D eigenvalue weighted by molar-refractivity contribution is 0.350. The van der Waals surface area contributed by atoms with E-state index < -0.39 is 0 Å². The lowest BCUT2D eigenvalue weighted by Crippen LogP contribution is -1.89. The Balaban J connectivity index is 2.77. The van der Waals surface area contributed by atoms with Crippen molar-refractivity contribution in [1.82, 2.24) is 0 Å². The molecule has 0 bridgehead atoms. The number of unbranched alkanes of at least 4 members (excludes halogenated alkanes) is 2. The predicted octanol–water partition coefficient (Wildman–Crippen LogP) is 2.84. The molecule has 15 heavy (non-hydrogen) atoms. The van der Waals surface area contributed by atoms with Crippen LogP contribution in [0.3, 0.4) is 0 Å². The molecule has 2 N–H and O–H groups in total. The molecule has 0 saturated heterocycles. The largest absolute Gasteiger partial charge is 0.504 e. The second-order valence-electron chi connectivity index (χ2n) is 3.62. The number of aryl methyl sites for hydroxylation is 1. The van der Waals surface area contributed by atoms with Crippen molar-refractivity contribution in [2.75, 3.05) is 7.11 Å².